The topological polar surface area (TPSA) is 82.2 Å². The van der Waals surface area contributed by atoms with Crippen molar-refractivity contribution in [3.63, 3.8) is 0 Å². The zero-order chi connectivity index (χ0) is 14.9. The summed E-state index contributed by atoms with van der Waals surface area (Å²) in [7, 11) is 0. The fraction of sp³-hybridized carbons (Fsp3) is 0.333. The van der Waals surface area contributed by atoms with Crippen molar-refractivity contribution in [2.24, 2.45) is 5.73 Å². The van der Waals surface area contributed by atoms with Crippen molar-refractivity contribution < 1.29 is 9.53 Å². The Bertz CT molecular complexity index is 555. The van der Waals surface area contributed by atoms with Crippen LogP contribution in [0.3, 0.4) is 0 Å². The van der Waals surface area contributed by atoms with Gasteiger partial charge in [0.25, 0.3) is 0 Å². The lowest BCUT2D eigenvalue weighted by atomic mass is 10.2. The molecule has 0 atom stereocenters. The summed E-state index contributed by atoms with van der Waals surface area (Å²) in [6.45, 7) is 1.72. The predicted molar refractivity (Wildman–Crippen MR) is 81.1 cm³/mol. The molecule has 0 aliphatic heterocycles. The SMILES string of the molecule is NCCCC(=O)Nc1ccccc1OCCn1ccnc1. The number of rotatable bonds is 8. The van der Waals surface area contributed by atoms with Gasteiger partial charge in [-0.15, -0.1) is 0 Å². The monoisotopic (exact) mass is 288 g/mol. The highest BCUT2D eigenvalue weighted by Gasteiger charge is 2.07. The normalized spacial score (nSPS) is 10.3. The molecule has 6 heteroatoms. The number of nitrogens with one attached hydrogen (secondary N) is 1. The summed E-state index contributed by atoms with van der Waals surface area (Å²) >= 11 is 0. The second-order valence-corrected chi connectivity index (χ2v) is 4.59. The number of carbonyl (C=O) groups is 1. The summed E-state index contributed by atoms with van der Waals surface area (Å²) in [5, 5.41) is 2.85. The maximum absolute atomic E-state index is 11.7. The molecule has 2 rings (SSSR count). The zero-order valence-electron chi connectivity index (χ0n) is 11.9. The van der Waals surface area contributed by atoms with E-state index in [0.717, 1.165) is 0 Å². The molecule has 0 saturated heterocycles. The summed E-state index contributed by atoms with van der Waals surface area (Å²) in [4.78, 5) is 15.7. The van der Waals surface area contributed by atoms with E-state index in [1.54, 1.807) is 12.5 Å². The van der Waals surface area contributed by atoms with Crippen molar-refractivity contribution in [1.82, 2.24) is 9.55 Å². The number of hydrogen-bond acceptors (Lipinski definition) is 4. The average molecular weight is 288 g/mol. The Balaban J connectivity index is 1.88. The summed E-state index contributed by atoms with van der Waals surface area (Å²) in [6.07, 6.45) is 6.44. The second-order valence-electron chi connectivity index (χ2n) is 4.59. The Labute approximate surface area is 123 Å². The molecule has 1 aromatic carbocycles. The van der Waals surface area contributed by atoms with E-state index >= 15 is 0 Å². The maximum atomic E-state index is 11.7. The highest BCUT2D eigenvalue weighted by atomic mass is 16.5. The van der Waals surface area contributed by atoms with Gasteiger partial charge in [-0.1, -0.05) is 12.1 Å². The number of nitrogens with two attached hydrogens (primary N) is 1. The third kappa shape index (κ3) is 4.92. The Morgan fingerprint density at radius 1 is 1.38 bits per heavy atom. The minimum atomic E-state index is -0.0499. The average Bonchev–Trinajstić information content (AvgIpc) is 3.00. The third-order valence-corrected chi connectivity index (χ3v) is 2.94. The van der Waals surface area contributed by atoms with Crippen molar-refractivity contribution in [3.8, 4) is 5.75 Å². The first-order chi connectivity index (χ1) is 10.3. The molecule has 1 amide bonds. The van der Waals surface area contributed by atoms with E-state index < -0.39 is 0 Å². The molecular weight excluding hydrogens is 268 g/mol. The van der Waals surface area contributed by atoms with Gasteiger partial charge in [-0.3, -0.25) is 4.79 Å². The molecule has 0 bridgehead atoms. The van der Waals surface area contributed by atoms with Crippen LogP contribution in [-0.2, 0) is 11.3 Å². The van der Waals surface area contributed by atoms with Crippen LogP contribution in [-0.4, -0.2) is 28.6 Å². The highest BCUT2D eigenvalue weighted by Crippen LogP contribution is 2.23. The van der Waals surface area contributed by atoms with E-state index in [0.29, 0.717) is 44.0 Å². The first-order valence-corrected chi connectivity index (χ1v) is 6.97. The van der Waals surface area contributed by atoms with Crippen LogP contribution in [0.1, 0.15) is 12.8 Å². The van der Waals surface area contributed by atoms with Crippen molar-refractivity contribution in [2.75, 3.05) is 18.5 Å². The summed E-state index contributed by atoms with van der Waals surface area (Å²) in [5.41, 5.74) is 6.09. The van der Waals surface area contributed by atoms with Gasteiger partial charge in [-0.2, -0.15) is 0 Å². The van der Waals surface area contributed by atoms with Gasteiger partial charge >= 0.3 is 0 Å². The minimum Gasteiger partial charge on any atom is -0.490 e. The molecule has 112 valence electrons. The number of imidazole rings is 1. The number of para-hydroxylation sites is 2. The lowest BCUT2D eigenvalue weighted by Crippen LogP contribution is -2.15. The van der Waals surface area contributed by atoms with Gasteiger partial charge in [-0.25, -0.2) is 4.98 Å². The summed E-state index contributed by atoms with van der Waals surface area (Å²) in [6, 6.07) is 7.41. The summed E-state index contributed by atoms with van der Waals surface area (Å²) < 4.78 is 7.66. The molecule has 1 aromatic heterocycles. The number of ether oxygens (including phenoxy) is 1. The number of benzene rings is 1. The quantitative estimate of drug-likeness (QED) is 0.773. The molecular formula is C15H20N4O2. The second kappa shape index (κ2) is 8.06. The Kier molecular flexibility index (Phi) is 5.78. The smallest absolute Gasteiger partial charge is 0.224 e. The van der Waals surface area contributed by atoms with E-state index in [4.69, 9.17) is 10.5 Å². The minimum absolute atomic E-state index is 0.0499. The number of anilines is 1. The third-order valence-electron chi connectivity index (χ3n) is 2.94. The van der Waals surface area contributed by atoms with Crippen LogP contribution in [0.25, 0.3) is 0 Å². The first-order valence-electron chi connectivity index (χ1n) is 6.97. The van der Waals surface area contributed by atoms with E-state index in [2.05, 4.69) is 10.3 Å². The molecule has 1 heterocycles. The van der Waals surface area contributed by atoms with Crippen molar-refractivity contribution >= 4 is 11.6 Å². The molecule has 0 radical (unpaired) electrons. The van der Waals surface area contributed by atoms with Gasteiger partial charge < -0.3 is 20.4 Å². The number of amides is 1. The van der Waals surface area contributed by atoms with Crippen LogP contribution >= 0.6 is 0 Å². The van der Waals surface area contributed by atoms with E-state index in [-0.39, 0.29) is 5.91 Å². The molecule has 0 saturated carbocycles. The number of nitrogens with zero attached hydrogens (tertiary/aromatic N) is 2. The van der Waals surface area contributed by atoms with Crippen LogP contribution in [0.2, 0.25) is 0 Å². The van der Waals surface area contributed by atoms with Gasteiger partial charge in [0.1, 0.15) is 12.4 Å². The van der Waals surface area contributed by atoms with Gasteiger partial charge in [0.2, 0.25) is 5.91 Å². The van der Waals surface area contributed by atoms with Gasteiger partial charge in [0.05, 0.1) is 18.6 Å². The van der Waals surface area contributed by atoms with Crippen LogP contribution in [0, 0.1) is 0 Å². The Morgan fingerprint density at radius 3 is 3.00 bits per heavy atom. The fourth-order valence-corrected chi connectivity index (χ4v) is 1.85. The standard InChI is InChI=1S/C15H20N4O2/c16-7-3-6-15(20)18-13-4-1-2-5-14(13)21-11-10-19-9-8-17-12-19/h1-2,4-5,8-9,12H,3,6-7,10-11,16H2,(H,18,20). The van der Waals surface area contributed by atoms with Crippen LogP contribution < -0.4 is 15.8 Å². The van der Waals surface area contributed by atoms with Crippen LogP contribution in [0.5, 0.6) is 5.75 Å². The predicted octanol–water partition coefficient (Wildman–Crippen LogP) is 1.64. The molecule has 0 spiro atoms. The lowest BCUT2D eigenvalue weighted by Gasteiger charge is -2.12. The summed E-state index contributed by atoms with van der Waals surface area (Å²) in [5.74, 6) is 0.616. The first kappa shape index (κ1) is 15.1. The Morgan fingerprint density at radius 2 is 2.24 bits per heavy atom. The van der Waals surface area contributed by atoms with E-state index in [1.807, 2.05) is 35.0 Å². The molecule has 0 unspecified atom stereocenters. The van der Waals surface area contributed by atoms with Crippen molar-refractivity contribution in [1.29, 1.82) is 0 Å². The number of carbonyl (C=O) groups excluding carboxylic acids is 1. The van der Waals surface area contributed by atoms with Crippen LogP contribution in [0.15, 0.2) is 43.0 Å². The van der Waals surface area contributed by atoms with Crippen LogP contribution in [0.4, 0.5) is 5.69 Å². The van der Waals surface area contributed by atoms with E-state index in [1.165, 1.54) is 0 Å². The largest absolute Gasteiger partial charge is 0.490 e. The Hall–Kier alpha value is -2.34. The molecule has 0 fully saturated rings. The molecule has 21 heavy (non-hydrogen) atoms. The lowest BCUT2D eigenvalue weighted by molar-refractivity contribution is -0.116. The van der Waals surface area contributed by atoms with E-state index in [9.17, 15) is 4.79 Å². The van der Waals surface area contributed by atoms with Gasteiger partial charge in [0.15, 0.2) is 0 Å². The number of hydrogen-bond donors (Lipinski definition) is 2. The maximum Gasteiger partial charge on any atom is 0.224 e. The fourth-order valence-electron chi connectivity index (χ4n) is 1.85. The molecule has 2 aromatic rings. The van der Waals surface area contributed by atoms with Crippen molar-refractivity contribution in [3.05, 3.63) is 43.0 Å². The zero-order valence-corrected chi connectivity index (χ0v) is 11.9. The highest BCUT2D eigenvalue weighted by molar-refractivity contribution is 5.92. The van der Waals surface area contributed by atoms with Gasteiger partial charge in [-0.05, 0) is 25.1 Å². The molecule has 3 N–H and O–H groups in total. The molecule has 0 aliphatic carbocycles. The molecule has 0 aliphatic rings. The molecule has 6 nitrogen and oxygen atoms in total. The van der Waals surface area contributed by atoms with Crippen molar-refractivity contribution in [2.45, 2.75) is 19.4 Å². The number of aromatic nitrogens is 2. The van der Waals surface area contributed by atoms with Gasteiger partial charge in [0, 0.05) is 18.8 Å².